The number of para-hydroxylation sites is 1. The van der Waals surface area contributed by atoms with E-state index in [4.69, 9.17) is 5.73 Å². The van der Waals surface area contributed by atoms with Crippen LogP contribution in [0.5, 0.6) is 0 Å². The van der Waals surface area contributed by atoms with Gasteiger partial charge in [-0.3, -0.25) is 9.59 Å². The van der Waals surface area contributed by atoms with Crippen molar-refractivity contribution in [1.29, 1.82) is 0 Å². The Labute approximate surface area is 244 Å². The lowest BCUT2D eigenvalue weighted by molar-refractivity contribution is -0.130. The largest absolute Gasteiger partial charge is 0.399 e. The third-order valence-corrected chi connectivity index (χ3v) is 9.12. The Morgan fingerprint density at radius 3 is 2.29 bits per heavy atom. The van der Waals surface area contributed by atoms with Crippen LogP contribution in [0.1, 0.15) is 59.4 Å². The van der Waals surface area contributed by atoms with E-state index in [-0.39, 0.29) is 34.6 Å². The summed E-state index contributed by atoms with van der Waals surface area (Å²) in [5.41, 5.74) is 8.21. The van der Waals surface area contributed by atoms with Gasteiger partial charge in [-0.05, 0) is 61.6 Å². The first-order valence-electron chi connectivity index (χ1n) is 14.4. The summed E-state index contributed by atoms with van der Waals surface area (Å²) in [5, 5.41) is 6.90. The molecule has 0 aliphatic heterocycles. The van der Waals surface area contributed by atoms with Crippen LogP contribution in [0.15, 0.2) is 59.6 Å². The van der Waals surface area contributed by atoms with E-state index in [0.717, 1.165) is 22.9 Å². The number of unbranched alkanes of at least 4 members (excludes halogenated alkanes) is 1. The summed E-state index contributed by atoms with van der Waals surface area (Å²) in [5.74, 6) is -0.487. The minimum absolute atomic E-state index is 0.162. The number of rotatable bonds is 15. The fourth-order valence-electron chi connectivity index (χ4n) is 4.76. The van der Waals surface area contributed by atoms with Gasteiger partial charge in [-0.1, -0.05) is 52.3 Å². The van der Waals surface area contributed by atoms with Gasteiger partial charge in [-0.15, -0.1) is 0 Å². The fourth-order valence-corrected chi connectivity index (χ4v) is 6.59. The molecule has 0 fully saturated rings. The Kier molecular flexibility index (Phi) is 11.4. The quantitative estimate of drug-likeness (QED) is 0.155. The van der Waals surface area contributed by atoms with Crippen LogP contribution in [0.4, 0.5) is 5.69 Å². The second-order valence-electron chi connectivity index (χ2n) is 11.5. The number of aromatic nitrogens is 1. The number of anilines is 1. The van der Waals surface area contributed by atoms with Crippen LogP contribution >= 0.6 is 0 Å². The molecular weight excluding hydrogens is 538 g/mol. The van der Waals surface area contributed by atoms with E-state index < -0.39 is 16.1 Å². The Morgan fingerprint density at radius 1 is 0.951 bits per heavy atom. The monoisotopic (exact) mass is 583 g/mol. The Morgan fingerprint density at radius 2 is 1.63 bits per heavy atom. The molecule has 0 saturated heterocycles. The SMILES string of the molecule is CC(C)CN([C@H](C)CCCCNC(=O)[C@H](Cc1c[nH]c2ccccc12)NC(=O)C(C)C)S(=O)(=O)c1ccc(N)cc1. The molecule has 0 saturated carbocycles. The normalized spacial score (nSPS) is 13.6. The number of hydrogen-bond acceptors (Lipinski definition) is 5. The number of nitrogen functional groups attached to an aromatic ring is 1. The van der Waals surface area contributed by atoms with Crippen LogP contribution in [0.3, 0.4) is 0 Å². The maximum atomic E-state index is 13.4. The van der Waals surface area contributed by atoms with Crippen LogP contribution in [0.2, 0.25) is 0 Å². The summed E-state index contributed by atoms with van der Waals surface area (Å²) < 4.78 is 28.4. The van der Waals surface area contributed by atoms with Gasteiger partial charge in [0.05, 0.1) is 4.90 Å². The van der Waals surface area contributed by atoms with Crippen molar-refractivity contribution in [2.24, 2.45) is 11.8 Å². The maximum absolute atomic E-state index is 13.4. The van der Waals surface area contributed by atoms with E-state index in [9.17, 15) is 18.0 Å². The molecule has 10 heteroatoms. The number of sulfonamides is 1. The van der Waals surface area contributed by atoms with Crippen LogP contribution in [-0.2, 0) is 26.0 Å². The van der Waals surface area contributed by atoms with Crippen molar-refractivity contribution >= 4 is 38.4 Å². The molecule has 0 radical (unpaired) electrons. The van der Waals surface area contributed by atoms with Gasteiger partial charge < -0.3 is 21.4 Å². The smallest absolute Gasteiger partial charge is 0.243 e. The van der Waals surface area contributed by atoms with Crippen molar-refractivity contribution < 1.29 is 18.0 Å². The number of carbonyl (C=O) groups is 2. The van der Waals surface area contributed by atoms with Gasteiger partial charge in [0.1, 0.15) is 6.04 Å². The van der Waals surface area contributed by atoms with Crippen LogP contribution in [0.25, 0.3) is 10.9 Å². The molecule has 0 bridgehead atoms. The Bertz CT molecular complexity index is 1400. The number of benzene rings is 2. The highest BCUT2D eigenvalue weighted by molar-refractivity contribution is 7.89. The van der Waals surface area contributed by atoms with Crippen molar-refractivity contribution in [2.45, 2.75) is 77.3 Å². The summed E-state index contributed by atoms with van der Waals surface area (Å²) in [7, 11) is -3.67. The van der Waals surface area contributed by atoms with Gasteiger partial charge in [0.15, 0.2) is 0 Å². The van der Waals surface area contributed by atoms with Crippen molar-refractivity contribution in [3.05, 3.63) is 60.3 Å². The highest BCUT2D eigenvalue weighted by Crippen LogP contribution is 2.23. The summed E-state index contributed by atoms with van der Waals surface area (Å²) >= 11 is 0. The van der Waals surface area contributed by atoms with Gasteiger partial charge in [0.25, 0.3) is 0 Å². The first-order valence-corrected chi connectivity index (χ1v) is 15.8. The standard InChI is InChI=1S/C31H45N5O4S/c1-21(2)20-36(41(39,40)26-15-13-25(32)14-16-26)23(5)10-8-9-17-33-31(38)29(35-30(37)22(3)4)18-24-19-34-28-12-7-6-11-27(24)28/h6-7,11-16,19,21-23,29,34H,8-10,17-18,20,32H2,1-5H3,(H,33,38)(H,35,37)/t23-,29+/m1/s1. The molecule has 3 rings (SSSR count). The van der Waals surface area contributed by atoms with Crippen LogP contribution < -0.4 is 16.4 Å². The molecule has 9 nitrogen and oxygen atoms in total. The third kappa shape index (κ3) is 8.81. The van der Waals surface area contributed by atoms with Crippen molar-refractivity contribution in [3.63, 3.8) is 0 Å². The molecule has 2 aromatic carbocycles. The zero-order valence-corrected chi connectivity index (χ0v) is 25.6. The minimum Gasteiger partial charge on any atom is -0.399 e. The van der Waals surface area contributed by atoms with Gasteiger partial charge >= 0.3 is 0 Å². The summed E-state index contributed by atoms with van der Waals surface area (Å²) in [6.07, 6.45) is 4.33. The predicted octanol–water partition coefficient (Wildman–Crippen LogP) is 4.46. The average molecular weight is 584 g/mol. The second-order valence-corrected chi connectivity index (χ2v) is 13.3. The number of hydrogen-bond donors (Lipinski definition) is 4. The molecule has 2 amide bonds. The van der Waals surface area contributed by atoms with Gasteiger partial charge in [-0.2, -0.15) is 4.31 Å². The molecule has 3 aromatic rings. The number of amides is 2. The highest BCUT2D eigenvalue weighted by Gasteiger charge is 2.29. The number of carbonyl (C=O) groups excluding carboxylic acids is 2. The molecule has 224 valence electrons. The molecule has 0 spiro atoms. The van der Waals surface area contributed by atoms with Gasteiger partial charge in [-0.25, -0.2) is 8.42 Å². The van der Waals surface area contributed by atoms with E-state index in [1.807, 2.05) is 51.2 Å². The van der Waals surface area contributed by atoms with E-state index in [1.165, 1.54) is 0 Å². The summed E-state index contributed by atoms with van der Waals surface area (Å²) in [4.78, 5) is 29.1. The molecule has 0 unspecified atom stereocenters. The number of nitrogens with two attached hydrogens (primary N) is 1. The zero-order chi connectivity index (χ0) is 30.2. The van der Waals surface area contributed by atoms with E-state index >= 15 is 0 Å². The first kappa shape index (κ1) is 32.1. The lowest BCUT2D eigenvalue weighted by atomic mass is 10.0. The third-order valence-electron chi connectivity index (χ3n) is 7.13. The Balaban J connectivity index is 1.58. The topological polar surface area (TPSA) is 137 Å². The highest BCUT2D eigenvalue weighted by atomic mass is 32.2. The number of nitrogens with zero attached hydrogens (tertiary/aromatic N) is 1. The lowest BCUT2D eigenvalue weighted by Crippen LogP contribution is -2.49. The molecule has 1 heterocycles. The summed E-state index contributed by atoms with van der Waals surface area (Å²) in [6, 6.07) is 13.3. The molecule has 2 atom stereocenters. The lowest BCUT2D eigenvalue weighted by Gasteiger charge is -2.30. The number of aromatic amines is 1. The van der Waals surface area contributed by atoms with E-state index in [1.54, 1.807) is 42.4 Å². The van der Waals surface area contributed by atoms with Gasteiger partial charge in [0, 0.05) is 54.3 Å². The number of fused-ring (bicyclic) bond motifs is 1. The first-order chi connectivity index (χ1) is 19.4. The predicted molar refractivity (Wildman–Crippen MR) is 165 cm³/mol. The fraction of sp³-hybridized carbons (Fsp3) is 0.484. The van der Waals surface area contributed by atoms with Crippen molar-refractivity contribution in [3.8, 4) is 0 Å². The van der Waals surface area contributed by atoms with Crippen LogP contribution in [0, 0.1) is 11.8 Å². The Hall–Kier alpha value is -3.37. The molecule has 1 aromatic heterocycles. The van der Waals surface area contributed by atoms with Crippen molar-refractivity contribution in [1.82, 2.24) is 19.9 Å². The number of H-pyrrole nitrogens is 1. The van der Waals surface area contributed by atoms with E-state index in [0.29, 0.717) is 38.0 Å². The zero-order valence-electron chi connectivity index (χ0n) is 24.8. The molecule has 0 aliphatic rings. The molecular formula is C31H45N5O4S. The van der Waals surface area contributed by atoms with Crippen molar-refractivity contribution in [2.75, 3.05) is 18.8 Å². The molecule has 41 heavy (non-hydrogen) atoms. The second kappa shape index (κ2) is 14.5. The van der Waals surface area contributed by atoms with E-state index in [2.05, 4.69) is 15.6 Å². The summed E-state index contributed by atoms with van der Waals surface area (Å²) in [6.45, 7) is 10.4. The number of nitrogens with one attached hydrogen (secondary N) is 3. The molecule has 5 N–H and O–H groups in total. The average Bonchev–Trinajstić information content (AvgIpc) is 3.33. The van der Waals surface area contributed by atoms with Gasteiger partial charge in [0.2, 0.25) is 21.8 Å². The van der Waals surface area contributed by atoms with Crippen LogP contribution in [-0.4, -0.2) is 54.7 Å². The maximum Gasteiger partial charge on any atom is 0.243 e. The molecule has 0 aliphatic carbocycles. The minimum atomic E-state index is -3.67.